The van der Waals surface area contributed by atoms with Crippen LogP contribution in [-0.2, 0) is 12.3 Å². The number of hydrogen-bond donors (Lipinski definition) is 0. The van der Waals surface area contributed by atoms with E-state index < -0.39 is 63.8 Å². The minimum Gasteiger partial charge on any atom is -0.429 e. The molecule has 0 aliphatic heterocycles. The second-order valence-corrected chi connectivity index (χ2v) is 11.9. The van der Waals surface area contributed by atoms with Crippen molar-refractivity contribution in [2.24, 2.45) is 5.92 Å². The van der Waals surface area contributed by atoms with Crippen molar-refractivity contribution in [3.05, 3.63) is 101 Å². The molecule has 3 nitrogen and oxygen atoms in total. The Morgan fingerprint density at radius 3 is 1.79 bits per heavy atom. The summed E-state index contributed by atoms with van der Waals surface area (Å²) in [6, 6.07) is 3.98. The predicted molar refractivity (Wildman–Crippen MR) is 158 cm³/mol. The van der Waals surface area contributed by atoms with Gasteiger partial charge in [-0.05, 0) is 66.8 Å². The Balaban J connectivity index is 1.30. The van der Waals surface area contributed by atoms with Gasteiger partial charge in [0.05, 0.1) is 0 Å². The molecule has 0 bridgehead atoms. The molecule has 0 unspecified atom stereocenters. The summed E-state index contributed by atoms with van der Waals surface area (Å²) in [7, 11) is 0. The maximum Gasteiger partial charge on any atom is 0.432 e. The van der Waals surface area contributed by atoms with E-state index in [1.165, 1.54) is 31.7 Å². The van der Waals surface area contributed by atoms with Crippen molar-refractivity contribution in [1.29, 1.82) is 0 Å². The van der Waals surface area contributed by atoms with E-state index in [1.54, 1.807) is 12.4 Å². The standard InChI is InChI=1S/C35H30F10N2O/c1-2-3-4-5-19-6-8-20(9-7-19)23-17-46-33(47-18-23)21-10-11-25(26(36)12-21)22-13-27(37)32(28(38)14-22)35(44,45)48-24-15-29(39)31(30(40)16-24)34(41,42)43/h10-20H,2-9H2,1H3. The van der Waals surface area contributed by atoms with Crippen LogP contribution in [0.15, 0.2) is 54.9 Å². The first kappa shape index (κ1) is 35.2. The zero-order valence-corrected chi connectivity index (χ0v) is 25.6. The number of nitrogens with zero attached hydrogens (tertiary/aromatic N) is 2. The first-order valence-corrected chi connectivity index (χ1v) is 15.4. The number of hydrogen-bond acceptors (Lipinski definition) is 3. The number of benzene rings is 3. The number of ether oxygens (including phenoxy) is 1. The summed E-state index contributed by atoms with van der Waals surface area (Å²) >= 11 is 0. The topological polar surface area (TPSA) is 35.0 Å². The van der Waals surface area contributed by atoms with Gasteiger partial charge < -0.3 is 4.74 Å². The fourth-order valence-corrected chi connectivity index (χ4v) is 6.14. The minimum atomic E-state index is -5.49. The van der Waals surface area contributed by atoms with Crippen molar-refractivity contribution in [2.45, 2.75) is 76.5 Å². The van der Waals surface area contributed by atoms with E-state index in [0.29, 0.717) is 18.1 Å². The lowest BCUT2D eigenvalue weighted by Crippen LogP contribution is -2.25. The van der Waals surface area contributed by atoms with Crippen molar-refractivity contribution in [3.63, 3.8) is 0 Å². The summed E-state index contributed by atoms with van der Waals surface area (Å²) in [5.74, 6) is -9.54. The van der Waals surface area contributed by atoms with Crippen LogP contribution in [-0.4, -0.2) is 9.97 Å². The molecule has 0 spiro atoms. The first-order valence-electron chi connectivity index (χ1n) is 15.4. The molecule has 4 aromatic rings. The Kier molecular flexibility index (Phi) is 10.4. The van der Waals surface area contributed by atoms with E-state index in [1.807, 2.05) is 0 Å². The first-order chi connectivity index (χ1) is 22.7. The molecule has 1 fully saturated rings. The average molecular weight is 685 g/mol. The van der Waals surface area contributed by atoms with E-state index in [-0.39, 0.29) is 29.1 Å². The Hall–Kier alpha value is -4.16. The number of alkyl halides is 5. The number of aromatic nitrogens is 2. The second-order valence-electron chi connectivity index (χ2n) is 11.9. The summed E-state index contributed by atoms with van der Waals surface area (Å²) in [6.45, 7) is 2.19. The molecular weight excluding hydrogens is 654 g/mol. The van der Waals surface area contributed by atoms with E-state index >= 15 is 4.39 Å². The Morgan fingerprint density at radius 2 is 1.25 bits per heavy atom. The number of halogens is 10. The minimum absolute atomic E-state index is 0.196. The van der Waals surface area contributed by atoms with Gasteiger partial charge in [0.15, 0.2) is 5.82 Å². The lowest BCUT2D eigenvalue weighted by atomic mass is 9.77. The van der Waals surface area contributed by atoms with Crippen LogP contribution in [0.4, 0.5) is 43.9 Å². The molecule has 0 atom stereocenters. The van der Waals surface area contributed by atoms with Crippen LogP contribution >= 0.6 is 0 Å². The zero-order chi connectivity index (χ0) is 34.8. The third-order valence-corrected chi connectivity index (χ3v) is 8.62. The quantitative estimate of drug-likeness (QED) is 0.123. The molecule has 1 heterocycles. The van der Waals surface area contributed by atoms with Crippen molar-refractivity contribution < 1.29 is 48.6 Å². The van der Waals surface area contributed by atoms with Crippen molar-refractivity contribution >= 4 is 0 Å². The summed E-state index contributed by atoms with van der Waals surface area (Å²) < 4.78 is 145. The van der Waals surface area contributed by atoms with Crippen LogP contribution in [0.1, 0.15) is 80.9 Å². The molecule has 0 N–H and O–H groups in total. The third kappa shape index (κ3) is 7.76. The van der Waals surface area contributed by atoms with Crippen LogP contribution < -0.4 is 4.74 Å². The van der Waals surface area contributed by atoms with Crippen molar-refractivity contribution in [1.82, 2.24) is 9.97 Å². The van der Waals surface area contributed by atoms with Crippen LogP contribution in [0.5, 0.6) is 5.75 Å². The molecule has 1 aliphatic carbocycles. The molecule has 3 aromatic carbocycles. The molecule has 5 rings (SSSR count). The maximum absolute atomic E-state index is 15.2. The number of unbranched alkanes of at least 4 members (excludes halogenated alkanes) is 2. The van der Waals surface area contributed by atoms with Crippen molar-refractivity contribution in [3.8, 4) is 28.3 Å². The van der Waals surface area contributed by atoms with E-state index in [0.717, 1.165) is 49.3 Å². The highest BCUT2D eigenvalue weighted by Crippen LogP contribution is 2.41. The summed E-state index contributed by atoms with van der Waals surface area (Å²) in [5.41, 5.74) is -3.95. The molecule has 1 saturated carbocycles. The molecular formula is C35H30F10N2O. The van der Waals surface area contributed by atoms with E-state index in [4.69, 9.17) is 0 Å². The van der Waals surface area contributed by atoms with Crippen LogP contribution in [0.2, 0.25) is 0 Å². The zero-order valence-electron chi connectivity index (χ0n) is 25.6. The molecule has 13 heteroatoms. The second kappa shape index (κ2) is 14.1. The fraction of sp³-hybridized carbons (Fsp3) is 0.371. The fourth-order valence-electron chi connectivity index (χ4n) is 6.14. The van der Waals surface area contributed by atoms with Gasteiger partial charge in [0, 0.05) is 35.7 Å². The van der Waals surface area contributed by atoms with Gasteiger partial charge >= 0.3 is 12.3 Å². The molecule has 1 aromatic heterocycles. The monoisotopic (exact) mass is 684 g/mol. The van der Waals surface area contributed by atoms with Gasteiger partial charge in [-0.25, -0.2) is 31.9 Å². The largest absolute Gasteiger partial charge is 0.432 e. The highest BCUT2D eigenvalue weighted by atomic mass is 19.4. The molecule has 256 valence electrons. The van der Waals surface area contributed by atoms with Crippen molar-refractivity contribution in [2.75, 3.05) is 0 Å². The Labute approximate surface area is 270 Å². The van der Waals surface area contributed by atoms with Crippen LogP contribution in [0.25, 0.3) is 22.5 Å². The van der Waals surface area contributed by atoms with Gasteiger partial charge in [-0.15, -0.1) is 0 Å². The number of rotatable bonds is 10. The van der Waals surface area contributed by atoms with E-state index in [9.17, 15) is 39.5 Å². The Bertz CT molecular complexity index is 1700. The van der Waals surface area contributed by atoms with Gasteiger partial charge in [0.1, 0.15) is 46.0 Å². The molecule has 0 saturated heterocycles. The van der Waals surface area contributed by atoms with Gasteiger partial charge in [-0.3, -0.25) is 0 Å². The predicted octanol–water partition coefficient (Wildman–Crippen LogP) is 11.5. The average Bonchev–Trinajstić information content (AvgIpc) is 3.00. The lowest BCUT2D eigenvalue weighted by molar-refractivity contribution is -0.189. The molecule has 1 aliphatic rings. The lowest BCUT2D eigenvalue weighted by Gasteiger charge is -2.28. The van der Waals surface area contributed by atoms with Crippen LogP contribution in [0.3, 0.4) is 0 Å². The summed E-state index contributed by atoms with van der Waals surface area (Å²) in [4.78, 5) is 8.76. The normalized spacial score (nSPS) is 17.1. The molecule has 48 heavy (non-hydrogen) atoms. The van der Waals surface area contributed by atoms with Gasteiger partial charge in [0.25, 0.3) is 0 Å². The summed E-state index contributed by atoms with van der Waals surface area (Å²) in [6.07, 6.45) is 2.30. The van der Waals surface area contributed by atoms with Gasteiger partial charge in [-0.1, -0.05) is 44.7 Å². The van der Waals surface area contributed by atoms with Gasteiger partial charge in [-0.2, -0.15) is 22.0 Å². The molecule has 0 radical (unpaired) electrons. The SMILES string of the molecule is CCCCCC1CCC(c2cnc(-c3ccc(-c4cc(F)c(C(F)(F)Oc5cc(F)c(C(F)(F)F)c(F)c5)c(F)c4)c(F)c3)nc2)CC1. The third-order valence-electron chi connectivity index (χ3n) is 8.62. The van der Waals surface area contributed by atoms with E-state index in [2.05, 4.69) is 21.6 Å². The molecule has 0 amide bonds. The van der Waals surface area contributed by atoms with Crippen LogP contribution in [0, 0.1) is 35.0 Å². The highest BCUT2D eigenvalue weighted by Gasteiger charge is 2.43. The smallest absolute Gasteiger partial charge is 0.429 e. The highest BCUT2D eigenvalue weighted by molar-refractivity contribution is 5.69. The Morgan fingerprint density at radius 1 is 0.688 bits per heavy atom. The summed E-state index contributed by atoms with van der Waals surface area (Å²) in [5, 5.41) is 0. The van der Waals surface area contributed by atoms with Gasteiger partial charge in [0.2, 0.25) is 0 Å². The maximum atomic E-state index is 15.2.